The van der Waals surface area contributed by atoms with Gasteiger partial charge in [0.05, 0.1) is 11.9 Å². The molecule has 0 bridgehead atoms. The molecule has 2 nitrogen and oxygen atoms in total. The van der Waals surface area contributed by atoms with Crippen LogP contribution in [0.1, 0.15) is 27.2 Å². The van der Waals surface area contributed by atoms with Crippen molar-refractivity contribution in [3.8, 4) is 0 Å². The molecule has 0 aromatic rings. The van der Waals surface area contributed by atoms with Crippen LogP contribution in [0.4, 0.5) is 0 Å². The van der Waals surface area contributed by atoms with Crippen molar-refractivity contribution in [3.05, 3.63) is 0 Å². The summed E-state index contributed by atoms with van der Waals surface area (Å²) < 4.78 is 0. The van der Waals surface area contributed by atoms with Gasteiger partial charge in [0.2, 0.25) is 0 Å². The lowest BCUT2D eigenvalue weighted by Crippen LogP contribution is -2.22. The lowest BCUT2D eigenvalue weighted by atomic mass is 10.2. The van der Waals surface area contributed by atoms with E-state index in [9.17, 15) is 0 Å². The van der Waals surface area contributed by atoms with Gasteiger partial charge in [0.25, 0.3) is 0 Å². The van der Waals surface area contributed by atoms with E-state index in [1.807, 2.05) is 11.8 Å². The second-order valence-corrected chi connectivity index (χ2v) is 4.14. The molecule has 2 N–H and O–H groups in total. The minimum atomic E-state index is 0.376. The molecule has 0 aliphatic heterocycles. The summed E-state index contributed by atoms with van der Waals surface area (Å²) in [6.07, 6.45) is 3.18. The average Bonchev–Trinajstić information content (AvgIpc) is 2.03. The lowest BCUT2D eigenvalue weighted by molar-refractivity contribution is 0.711. The summed E-state index contributed by atoms with van der Waals surface area (Å²) in [5, 5.41) is 0. The average molecular weight is 188 g/mol. The highest BCUT2D eigenvalue weighted by atomic mass is 32.2. The Bertz CT molecular complexity index is 143. The summed E-state index contributed by atoms with van der Waals surface area (Å²) in [6, 6.07) is 0.405. The van der Waals surface area contributed by atoms with Gasteiger partial charge in [-0.3, -0.25) is 4.99 Å². The normalized spacial score (nSPS) is 15.2. The third-order valence-corrected chi connectivity index (χ3v) is 2.47. The third-order valence-electron chi connectivity index (χ3n) is 1.75. The number of nitrogens with two attached hydrogens (primary N) is 1. The zero-order chi connectivity index (χ0) is 9.56. The molecule has 0 radical (unpaired) electrons. The molecule has 0 aromatic heterocycles. The third kappa shape index (κ3) is 4.65. The van der Waals surface area contributed by atoms with Crippen molar-refractivity contribution >= 4 is 17.6 Å². The molecule has 0 heterocycles. The fourth-order valence-corrected chi connectivity index (χ4v) is 1.49. The van der Waals surface area contributed by atoms with E-state index in [2.05, 4.69) is 32.0 Å². The molecule has 3 heteroatoms. The van der Waals surface area contributed by atoms with Gasteiger partial charge in [-0.15, -0.1) is 0 Å². The highest BCUT2D eigenvalue weighted by molar-refractivity contribution is 7.98. The van der Waals surface area contributed by atoms with E-state index in [0.717, 1.165) is 18.0 Å². The van der Waals surface area contributed by atoms with Crippen molar-refractivity contribution in [1.82, 2.24) is 0 Å². The second-order valence-electron chi connectivity index (χ2n) is 3.23. The van der Waals surface area contributed by atoms with Crippen molar-refractivity contribution in [3.63, 3.8) is 0 Å². The molecular formula is C9H20N2S. The molecule has 0 rings (SSSR count). The molecule has 0 saturated heterocycles. The molecule has 0 amide bonds. The summed E-state index contributed by atoms with van der Waals surface area (Å²) in [5.41, 5.74) is 5.76. The van der Waals surface area contributed by atoms with Crippen LogP contribution in [0.25, 0.3) is 0 Å². The van der Waals surface area contributed by atoms with Gasteiger partial charge in [-0.25, -0.2) is 0 Å². The Balaban J connectivity index is 4.05. The fourth-order valence-electron chi connectivity index (χ4n) is 0.799. The van der Waals surface area contributed by atoms with Crippen molar-refractivity contribution in [2.45, 2.75) is 33.2 Å². The highest BCUT2D eigenvalue weighted by Gasteiger charge is 2.05. The Labute approximate surface area is 80.0 Å². The van der Waals surface area contributed by atoms with Gasteiger partial charge in [0.15, 0.2) is 0 Å². The topological polar surface area (TPSA) is 38.4 Å². The molecule has 0 spiro atoms. The van der Waals surface area contributed by atoms with Crippen molar-refractivity contribution < 1.29 is 0 Å². The first-order chi connectivity index (χ1) is 5.61. The highest BCUT2D eigenvalue weighted by Crippen LogP contribution is 2.06. The van der Waals surface area contributed by atoms with Crippen molar-refractivity contribution in [2.75, 3.05) is 12.0 Å². The predicted molar refractivity (Wildman–Crippen MR) is 58.9 cm³/mol. The number of nitrogens with zero attached hydrogens (tertiary/aromatic N) is 1. The molecule has 0 saturated carbocycles. The zero-order valence-corrected chi connectivity index (χ0v) is 9.32. The van der Waals surface area contributed by atoms with Gasteiger partial charge in [-0.1, -0.05) is 20.8 Å². The van der Waals surface area contributed by atoms with E-state index < -0.39 is 0 Å². The van der Waals surface area contributed by atoms with Gasteiger partial charge in [-0.2, -0.15) is 11.8 Å². The van der Waals surface area contributed by atoms with Crippen molar-refractivity contribution in [1.29, 1.82) is 0 Å². The monoisotopic (exact) mass is 188 g/mol. The Kier molecular flexibility index (Phi) is 6.25. The summed E-state index contributed by atoms with van der Waals surface area (Å²) in [7, 11) is 0. The maximum atomic E-state index is 5.76. The zero-order valence-electron chi connectivity index (χ0n) is 8.50. The minimum absolute atomic E-state index is 0.376. The first-order valence-electron chi connectivity index (χ1n) is 4.43. The van der Waals surface area contributed by atoms with Crippen LogP contribution in [-0.4, -0.2) is 23.9 Å². The molecule has 72 valence electrons. The summed E-state index contributed by atoms with van der Waals surface area (Å²) in [5.74, 6) is 2.24. The molecular weight excluding hydrogens is 168 g/mol. The number of rotatable bonds is 5. The van der Waals surface area contributed by atoms with Gasteiger partial charge >= 0.3 is 0 Å². The minimum Gasteiger partial charge on any atom is -0.387 e. The van der Waals surface area contributed by atoms with E-state index in [1.165, 1.54) is 0 Å². The van der Waals surface area contributed by atoms with Gasteiger partial charge in [0.1, 0.15) is 0 Å². The van der Waals surface area contributed by atoms with Gasteiger partial charge in [0, 0.05) is 11.7 Å². The molecule has 0 aromatic carbocycles. The molecule has 0 aliphatic rings. The van der Waals surface area contributed by atoms with Crippen molar-refractivity contribution in [2.24, 2.45) is 16.6 Å². The van der Waals surface area contributed by atoms with Crippen LogP contribution in [0, 0.1) is 5.92 Å². The first kappa shape index (κ1) is 11.8. The molecule has 1 unspecified atom stereocenters. The number of thioether (sulfide) groups is 1. The van der Waals surface area contributed by atoms with Crippen LogP contribution in [0.5, 0.6) is 0 Å². The van der Waals surface area contributed by atoms with Crippen LogP contribution < -0.4 is 5.73 Å². The Morgan fingerprint density at radius 3 is 2.42 bits per heavy atom. The Morgan fingerprint density at radius 2 is 2.08 bits per heavy atom. The Morgan fingerprint density at radius 1 is 1.50 bits per heavy atom. The first-order valence-corrected chi connectivity index (χ1v) is 5.83. The van der Waals surface area contributed by atoms with Crippen LogP contribution in [0.3, 0.4) is 0 Å². The second kappa shape index (κ2) is 6.35. The van der Waals surface area contributed by atoms with Gasteiger partial charge < -0.3 is 5.73 Å². The number of hydrogen-bond donors (Lipinski definition) is 1. The lowest BCUT2D eigenvalue weighted by Gasteiger charge is -2.11. The Hall–Kier alpha value is -0.180. The van der Waals surface area contributed by atoms with E-state index in [4.69, 9.17) is 5.73 Å². The molecule has 12 heavy (non-hydrogen) atoms. The summed E-state index contributed by atoms with van der Waals surface area (Å²) >= 11 is 1.83. The molecule has 0 aliphatic carbocycles. The maximum Gasteiger partial charge on any atom is 0.0966 e. The van der Waals surface area contributed by atoms with E-state index in [-0.39, 0.29) is 0 Å². The fraction of sp³-hybridized carbons (Fsp3) is 0.889. The van der Waals surface area contributed by atoms with Crippen LogP contribution in [0.2, 0.25) is 0 Å². The standard InChI is InChI=1S/C9H20N2S/c1-5-8(6-12-4)11-9(10)7(2)3/h7-8H,5-6H2,1-4H3,(H2,10,11). The predicted octanol–water partition coefficient (Wildman–Crippen LogP) is 2.14. The van der Waals surface area contributed by atoms with E-state index in [0.29, 0.717) is 12.0 Å². The quantitative estimate of drug-likeness (QED) is 0.530. The largest absolute Gasteiger partial charge is 0.387 e. The summed E-state index contributed by atoms with van der Waals surface area (Å²) in [4.78, 5) is 4.46. The van der Waals surface area contributed by atoms with Gasteiger partial charge in [-0.05, 0) is 12.7 Å². The van der Waals surface area contributed by atoms with E-state index in [1.54, 1.807) is 0 Å². The smallest absolute Gasteiger partial charge is 0.0966 e. The molecule has 1 atom stereocenters. The maximum absolute atomic E-state index is 5.76. The summed E-state index contributed by atoms with van der Waals surface area (Å²) in [6.45, 7) is 6.30. The van der Waals surface area contributed by atoms with Crippen LogP contribution in [0.15, 0.2) is 4.99 Å². The van der Waals surface area contributed by atoms with E-state index >= 15 is 0 Å². The number of amidine groups is 1. The van der Waals surface area contributed by atoms with Crippen LogP contribution in [-0.2, 0) is 0 Å². The number of aliphatic imine (C=N–C) groups is 1. The SMILES string of the molecule is CCC(CSC)N=C(N)C(C)C. The van der Waals surface area contributed by atoms with Crippen LogP contribution >= 0.6 is 11.8 Å². The number of hydrogen-bond acceptors (Lipinski definition) is 2. The molecule has 0 fully saturated rings.